The lowest BCUT2D eigenvalue weighted by atomic mass is 10.1. The zero-order chi connectivity index (χ0) is 13.0. The minimum atomic E-state index is -0.436. The van der Waals surface area contributed by atoms with Crippen LogP contribution < -0.4 is 10.6 Å². The first-order valence-corrected chi connectivity index (χ1v) is 6.16. The second-order valence-corrected chi connectivity index (χ2v) is 4.20. The van der Waals surface area contributed by atoms with Gasteiger partial charge in [-0.2, -0.15) is 0 Å². The third kappa shape index (κ3) is 2.53. The van der Waals surface area contributed by atoms with Gasteiger partial charge in [0.2, 0.25) is 5.91 Å². The maximum absolute atomic E-state index is 12.3. The normalized spacial score (nSPS) is 19.6. The molecule has 1 fully saturated rings. The van der Waals surface area contributed by atoms with Crippen LogP contribution >= 0.6 is 0 Å². The smallest absolute Gasteiger partial charge is 0.271 e. The Bertz CT molecular complexity index is 416. The summed E-state index contributed by atoms with van der Waals surface area (Å²) in [5, 5.41) is 5.90. The molecule has 3 N–H and O–H groups in total. The van der Waals surface area contributed by atoms with Crippen molar-refractivity contribution in [3.63, 3.8) is 0 Å². The molecule has 6 heteroatoms. The lowest BCUT2D eigenvalue weighted by molar-refractivity contribution is -0.126. The summed E-state index contributed by atoms with van der Waals surface area (Å²) in [5.41, 5.74) is 0.520. The predicted octanol–water partition coefficient (Wildman–Crippen LogP) is -0.435. The number of aromatic amines is 1. The predicted molar refractivity (Wildman–Crippen MR) is 67.2 cm³/mol. The minimum Gasteiger partial charge on any atom is -0.357 e. The SMILES string of the molecule is CCNC(=O)C1CNCCN1C(=O)c1ccc[nH]1. The molecule has 0 bridgehead atoms. The van der Waals surface area contributed by atoms with Crippen molar-refractivity contribution in [3.05, 3.63) is 24.0 Å². The van der Waals surface area contributed by atoms with Crippen molar-refractivity contribution in [2.24, 2.45) is 0 Å². The minimum absolute atomic E-state index is 0.107. The topological polar surface area (TPSA) is 77.2 Å². The van der Waals surface area contributed by atoms with Gasteiger partial charge >= 0.3 is 0 Å². The highest BCUT2D eigenvalue weighted by atomic mass is 16.2. The summed E-state index contributed by atoms with van der Waals surface area (Å²) in [4.78, 5) is 28.7. The Morgan fingerprint density at radius 2 is 2.39 bits per heavy atom. The van der Waals surface area contributed by atoms with Crippen LogP contribution in [0.4, 0.5) is 0 Å². The molecule has 98 valence electrons. The average molecular weight is 250 g/mol. The molecule has 18 heavy (non-hydrogen) atoms. The summed E-state index contributed by atoms with van der Waals surface area (Å²) in [5.74, 6) is -0.234. The number of nitrogens with one attached hydrogen (secondary N) is 3. The molecular formula is C12H18N4O2. The maximum Gasteiger partial charge on any atom is 0.271 e. The van der Waals surface area contributed by atoms with Crippen molar-refractivity contribution >= 4 is 11.8 Å². The summed E-state index contributed by atoms with van der Waals surface area (Å²) < 4.78 is 0. The number of H-pyrrole nitrogens is 1. The van der Waals surface area contributed by atoms with Crippen LogP contribution in [0.25, 0.3) is 0 Å². The van der Waals surface area contributed by atoms with Crippen molar-refractivity contribution in [1.82, 2.24) is 20.5 Å². The molecule has 1 atom stereocenters. The highest BCUT2D eigenvalue weighted by molar-refractivity contribution is 5.96. The van der Waals surface area contributed by atoms with Crippen LogP contribution in [0.2, 0.25) is 0 Å². The molecule has 0 spiro atoms. The Hall–Kier alpha value is -1.82. The summed E-state index contributed by atoms with van der Waals surface area (Å²) >= 11 is 0. The second-order valence-electron chi connectivity index (χ2n) is 4.20. The van der Waals surface area contributed by atoms with Gasteiger partial charge in [0.05, 0.1) is 0 Å². The van der Waals surface area contributed by atoms with Crippen molar-refractivity contribution in [2.45, 2.75) is 13.0 Å². The Labute approximate surface area is 106 Å². The number of piperazine rings is 1. The van der Waals surface area contributed by atoms with Gasteiger partial charge in [0.1, 0.15) is 11.7 Å². The molecule has 2 amide bonds. The van der Waals surface area contributed by atoms with E-state index in [1.54, 1.807) is 23.2 Å². The number of aromatic nitrogens is 1. The van der Waals surface area contributed by atoms with Crippen molar-refractivity contribution < 1.29 is 9.59 Å². The molecule has 2 rings (SSSR count). The first-order valence-electron chi connectivity index (χ1n) is 6.16. The van der Waals surface area contributed by atoms with Crippen LogP contribution in [0, 0.1) is 0 Å². The molecule has 0 saturated carbocycles. The Balaban J connectivity index is 2.12. The van der Waals surface area contributed by atoms with E-state index in [4.69, 9.17) is 0 Å². The molecule has 1 saturated heterocycles. The number of nitrogens with zero attached hydrogens (tertiary/aromatic N) is 1. The van der Waals surface area contributed by atoms with E-state index in [9.17, 15) is 9.59 Å². The molecule has 6 nitrogen and oxygen atoms in total. The maximum atomic E-state index is 12.3. The molecule has 1 aromatic rings. The summed E-state index contributed by atoms with van der Waals surface area (Å²) in [7, 11) is 0. The molecule has 1 aliphatic rings. The monoisotopic (exact) mass is 250 g/mol. The van der Waals surface area contributed by atoms with Gasteiger partial charge in [0.25, 0.3) is 5.91 Å². The van der Waals surface area contributed by atoms with Crippen molar-refractivity contribution in [3.8, 4) is 0 Å². The number of amides is 2. The van der Waals surface area contributed by atoms with E-state index in [2.05, 4.69) is 15.6 Å². The van der Waals surface area contributed by atoms with Crippen LogP contribution in [0.15, 0.2) is 18.3 Å². The molecule has 1 aromatic heterocycles. The number of hydrogen-bond acceptors (Lipinski definition) is 3. The van der Waals surface area contributed by atoms with Gasteiger partial charge in [-0.25, -0.2) is 0 Å². The Kier molecular flexibility index (Phi) is 3.99. The number of likely N-dealkylation sites (N-methyl/N-ethyl adjacent to an activating group) is 1. The molecule has 1 unspecified atom stereocenters. The van der Waals surface area contributed by atoms with Crippen LogP contribution in [0.3, 0.4) is 0 Å². The zero-order valence-corrected chi connectivity index (χ0v) is 10.4. The first-order chi connectivity index (χ1) is 8.74. The fourth-order valence-electron chi connectivity index (χ4n) is 2.09. The fraction of sp³-hybridized carbons (Fsp3) is 0.500. The van der Waals surface area contributed by atoms with Crippen LogP contribution in [0.5, 0.6) is 0 Å². The molecule has 0 aromatic carbocycles. The standard InChI is InChI=1S/C12H18N4O2/c1-2-14-11(17)10-8-13-6-7-16(10)12(18)9-4-3-5-15-9/h3-5,10,13,15H,2,6-8H2,1H3,(H,14,17). The third-order valence-corrected chi connectivity index (χ3v) is 2.99. The van der Waals surface area contributed by atoms with Gasteiger partial charge in [-0.1, -0.05) is 0 Å². The highest BCUT2D eigenvalue weighted by Crippen LogP contribution is 2.09. The average Bonchev–Trinajstić information content (AvgIpc) is 2.92. The van der Waals surface area contributed by atoms with Gasteiger partial charge in [-0.05, 0) is 19.1 Å². The number of carbonyl (C=O) groups excluding carboxylic acids is 2. The van der Waals surface area contributed by atoms with E-state index in [0.717, 1.165) is 0 Å². The van der Waals surface area contributed by atoms with E-state index >= 15 is 0 Å². The quantitative estimate of drug-likeness (QED) is 0.681. The second kappa shape index (κ2) is 5.68. The van der Waals surface area contributed by atoms with Crippen LogP contribution in [-0.4, -0.2) is 53.9 Å². The molecular weight excluding hydrogens is 232 g/mol. The number of hydrogen-bond donors (Lipinski definition) is 3. The molecule has 0 radical (unpaired) electrons. The Morgan fingerprint density at radius 1 is 1.56 bits per heavy atom. The summed E-state index contributed by atoms with van der Waals surface area (Å²) in [6.45, 7) is 4.19. The van der Waals surface area contributed by atoms with Gasteiger partial charge < -0.3 is 20.5 Å². The van der Waals surface area contributed by atoms with E-state index in [1.807, 2.05) is 6.92 Å². The van der Waals surface area contributed by atoms with Gasteiger partial charge in [-0.3, -0.25) is 9.59 Å². The fourth-order valence-corrected chi connectivity index (χ4v) is 2.09. The summed E-state index contributed by atoms with van der Waals surface area (Å²) in [6.07, 6.45) is 1.70. The van der Waals surface area contributed by atoms with Gasteiger partial charge in [-0.15, -0.1) is 0 Å². The van der Waals surface area contributed by atoms with Crippen molar-refractivity contribution in [1.29, 1.82) is 0 Å². The van der Waals surface area contributed by atoms with Gasteiger partial charge in [0, 0.05) is 32.4 Å². The summed E-state index contributed by atoms with van der Waals surface area (Å²) in [6, 6.07) is 3.06. The van der Waals surface area contributed by atoms with E-state index in [-0.39, 0.29) is 11.8 Å². The van der Waals surface area contributed by atoms with E-state index in [1.165, 1.54) is 0 Å². The zero-order valence-electron chi connectivity index (χ0n) is 10.4. The largest absolute Gasteiger partial charge is 0.357 e. The van der Waals surface area contributed by atoms with Gasteiger partial charge in [0.15, 0.2) is 0 Å². The van der Waals surface area contributed by atoms with Crippen molar-refractivity contribution in [2.75, 3.05) is 26.2 Å². The van der Waals surface area contributed by atoms with Crippen LogP contribution in [-0.2, 0) is 4.79 Å². The number of rotatable bonds is 3. The highest BCUT2D eigenvalue weighted by Gasteiger charge is 2.32. The Morgan fingerprint density at radius 3 is 3.06 bits per heavy atom. The van der Waals surface area contributed by atoms with E-state index in [0.29, 0.717) is 31.9 Å². The van der Waals surface area contributed by atoms with Crippen LogP contribution in [0.1, 0.15) is 17.4 Å². The number of carbonyl (C=O) groups is 2. The lowest BCUT2D eigenvalue weighted by Gasteiger charge is -2.34. The lowest BCUT2D eigenvalue weighted by Crippen LogP contribution is -2.59. The van der Waals surface area contributed by atoms with E-state index < -0.39 is 6.04 Å². The first kappa shape index (κ1) is 12.6. The molecule has 0 aliphatic carbocycles. The molecule has 2 heterocycles. The molecule has 1 aliphatic heterocycles. The third-order valence-electron chi connectivity index (χ3n) is 2.99.